The highest BCUT2D eigenvalue weighted by atomic mass is 16.5. The van der Waals surface area contributed by atoms with Gasteiger partial charge in [-0.25, -0.2) is 4.98 Å². The topological polar surface area (TPSA) is 47.0 Å². The Balaban J connectivity index is 1.64. The molecule has 0 radical (unpaired) electrons. The number of piperidine rings is 1. The van der Waals surface area contributed by atoms with E-state index in [1.54, 1.807) is 12.4 Å². The Labute approximate surface area is 103 Å². The van der Waals surface area contributed by atoms with Gasteiger partial charge in [0.15, 0.2) is 0 Å². The average molecular weight is 235 g/mol. The van der Waals surface area contributed by atoms with Crippen molar-refractivity contribution in [2.75, 3.05) is 19.7 Å². The third-order valence-electron chi connectivity index (χ3n) is 3.23. The summed E-state index contributed by atoms with van der Waals surface area (Å²) < 4.78 is 5.63. The molecular formula is C13H21N3O. The third kappa shape index (κ3) is 3.97. The molecule has 1 aliphatic rings. The van der Waals surface area contributed by atoms with E-state index in [2.05, 4.69) is 15.3 Å². The van der Waals surface area contributed by atoms with Crippen molar-refractivity contribution in [3.8, 4) is 5.88 Å². The summed E-state index contributed by atoms with van der Waals surface area (Å²) in [5.41, 5.74) is 0.867. The van der Waals surface area contributed by atoms with E-state index in [0.717, 1.165) is 24.6 Å². The first-order valence-corrected chi connectivity index (χ1v) is 6.47. The maximum Gasteiger partial charge on any atom is 0.235 e. The van der Waals surface area contributed by atoms with Crippen molar-refractivity contribution in [1.29, 1.82) is 0 Å². The predicted molar refractivity (Wildman–Crippen MR) is 67.1 cm³/mol. The molecule has 94 valence electrons. The quantitative estimate of drug-likeness (QED) is 0.792. The molecule has 0 bridgehead atoms. The molecule has 0 unspecified atom stereocenters. The molecule has 1 atom stereocenters. The van der Waals surface area contributed by atoms with E-state index in [9.17, 15) is 0 Å². The number of hydrogen-bond donors (Lipinski definition) is 1. The van der Waals surface area contributed by atoms with Gasteiger partial charge in [0.1, 0.15) is 0 Å². The first kappa shape index (κ1) is 12.3. The highest BCUT2D eigenvalue weighted by molar-refractivity contribution is 5.14. The summed E-state index contributed by atoms with van der Waals surface area (Å²) in [5.74, 6) is 1.50. The van der Waals surface area contributed by atoms with E-state index in [1.807, 2.05) is 6.92 Å². The molecule has 4 heteroatoms. The maximum atomic E-state index is 5.63. The molecule has 1 N–H and O–H groups in total. The number of nitrogens with zero attached hydrogens (tertiary/aromatic N) is 2. The van der Waals surface area contributed by atoms with Crippen LogP contribution in [-0.4, -0.2) is 29.7 Å². The molecular weight excluding hydrogens is 214 g/mol. The Bertz CT molecular complexity index is 337. The van der Waals surface area contributed by atoms with Gasteiger partial charge in [-0.05, 0) is 51.6 Å². The predicted octanol–water partition coefficient (Wildman–Crippen LogP) is 1.94. The second-order valence-corrected chi connectivity index (χ2v) is 4.65. The van der Waals surface area contributed by atoms with Gasteiger partial charge in [-0.15, -0.1) is 0 Å². The van der Waals surface area contributed by atoms with Crippen molar-refractivity contribution in [3.63, 3.8) is 0 Å². The molecule has 1 aliphatic heterocycles. The van der Waals surface area contributed by atoms with Crippen LogP contribution in [0.25, 0.3) is 0 Å². The summed E-state index contributed by atoms with van der Waals surface area (Å²) in [6.07, 6.45) is 8.38. The summed E-state index contributed by atoms with van der Waals surface area (Å²) in [6.45, 7) is 5.03. The average Bonchev–Trinajstić information content (AvgIpc) is 2.38. The van der Waals surface area contributed by atoms with Gasteiger partial charge in [-0.3, -0.25) is 4.98 Å². The molecule has 2 heterocycles. The van der Waals surface area contributed by atoms with E-state index in [4.69, 9.17) is 4.74 Å². The molecule has 0 amide bonds. The van der Waals surface area contributed by atoms with Crippen LogP contribution in [0.4, 0.5) is 0 Å². The summed E-state index contributed by atoms with van der Waals surface area (Å²) >= 11 is 0. The van der Waals surface area contributed by atoms with Crippen molar-refractivity contribution in [1.82, 2.24) is 15.3 Å². The number of rotatable bonds is 5. The highest BCUT2D eigenvalue weighted by Gasteiger charge is 2.12. The standard InChI is InChI=1S/C13H21N3O/c1-11-13(16-8-7-15-11)17-9-3-5-12-4-2-6-14-10-12/h7-8,12,14H,2-6,9-10H2,1H3/t12-/m1/s1. The van der Waals surface area contributed by atoms with Crippen LogP contribution < -0.4 is 10.1 Å². The molecule has 0 aliphatic carbocycles. The van der Waals surface area contributed by atoms with Crippen molar-refractivity contribution >= 4 is 0 Å². The Morgan fingerprint density at radius 2 is 2.29 bits per heavy atom. The second kappa shape index (κ2) is 6.55. The van der Waals surface area contributed by atoms with Crippen LogP contribution in [0.5, 0.6) is 5.88 Å². The van der Waals surface area contributed by atoms with Gasteiger partial charge in [-0.1, -0.05) is 0 Å². The zero-order chi connectivity index (χ0) is 11.9. The first-order chi connectivity index (χ1) is 8.36. The van der Waals surface area contributed by atoms with Crippen molar-refractivity contribution < 1.29 is 4.74 Å². The third-order valence-corrected chi connectivity index (χ3v) is 3.23. The van der Waals surface area contributed by atoms with Crippen molar-refractivity contribution in [2.45, 2.75) is 32.6 Å². The number of hydrogen-bond acceptors (Lipinski definition) is 4. The molecule has 1 fully saturated rings. The van der Waals surface area contributed by atoms with E-state index < -0.39 is 0 Å². The number of aryl methyl sites for hydroxylation is 1. The zero-order valence-electron chi connectivity index (χ0n) is 10.5. The fraction of sp³-hybridized carbons (Fsp3) is 0.692. The highest BCUT2D eigenvalue weighted by Crippen LogP contribution is 2.16. The molecule has 1 aromatic rings. The molecule has 4 nitrogen and oxygen atoms in total. The summed E-state index contributed by atoms with van der Waals surface area (Å²) in [5, 5.41) is 3.44. The number of ether oxygens (including phenoxy) is 1. The molecule has 1 aromatic heterocycles. The van der Waals surface area contributed by atoms with Crippen LogP contribution in [0.3, 0.4) is 0 Å². The van der Waals surface area contributed by atoms with Gasteiger partial charge >= 0.3 is 0 Å². The normalized spacial score (nSPS) is 20.2. The Morgan fingerprint density at radius 3 is 3.06 bits per heavy atom. The van der Waals surface area contributed by atoms with Crippen molar-refractivity contribution in [2.24, 2.45) is 5.92 Å². The minimum atomic E-state index is 0.675. The van der Waals surface area contributed by atoms with E-state index in [-0.39, 0.29) is 0 Å². The monoisotopic (exact) mass is 235 g/mol. The Kier molecular flexibility index (Phi) is 4.74. The number of aromatic nitrogens is 2. The molecule has 1 saturated heterocycles. The van der Waals surface area contributed by atoms with Crippen molar-refractivity contribution in [3.05, 3.63) is 18.1 Å². The zero-order valence-corrected chi connectivity index (χ0v) is 10.5. The van der Waals surface area contributed by atoms with Gasteiger partial charge in [0, 0.05) is 12.4 Å². The first-order valence-electron chi connectivity index (χ1n) is 6.47. The molecule has 2 rings (SSSR count). The van der Waals surface area contributed by atoms with Crippen LogP contribution >= 0.6 is 0 Å². The van der Waals surface area contributed by atoms with Crippen LogP contribution in [0, 0.1) is 12.8 Å². The summed E-state index contributed by atoms with van der Waals surface area (Å²) in [4.78, 5) is 8.32. The smallest absolute Gasteiger partial charge is 0.235 e. The SMILES string of the molecule is Cc1nccnc1OCCC[C@H]1CCCNC1. The van der Waals surface area contributed by atoms with Crippen LogP contribution in [-0.2, 0) is 0 Å². The summed E-state index contributed by atoms with van der Waals surface area (Å²) in [7, 11) is 0. The summed E-state index contributed by atoms with van der Waals surface area (Å²) in [6, 6.07) is 0. The second-order valence-electron chi connectivity index (χ2n) is 4.65. The number of nitrogens with one attached hydrogen (secondary N) is 1. The lowest BCUT2D eigenvalue weighted by Crippen LogP contribution is -2.29. The van der Waals surface area contributed by atoms with Crippen LogP contribution in [0.2, 0.25) is 0 Å². The fourth-order valence-electron chi connectivity index (χ4n) is 2.25. The largest absolute Gasteiger partial charge is 0.476 e. The van der Waals surface area contributed by atoms with Crippen LogP contribution in [0.15, 0.2) is 12.4 Å². The molecule has 0 saturated carbocycles. The van der Waals surface area contributed by atoms with E-state index in [1.165, 1.54) is 32.4 Å². The van der Waals surface area contributed by atoms with Gasteiger partial charge in [-0.2, -0.15) is 0 Å². The van der Waals surface area contributed by atoms with E-state index in [0.29, 0.717) is 5.88 Å². The Hall–Kier alpha value is -1.16. The van der Waals surface area contributed by atoms with Gasteiger partial charge in [0.25, 0.3) is 0 Å². The van der Waals surface area contributed by atoms with E-state index >= 15 is 0 Å². The van der Waals surface area contributed by atoms with Gasteiger partial charge in [0.2, 0.25) is 5.88 Å². The minimum Gasteiger partial charge on any atom is -0.476 e. The molecule has 17 heavy (non-hydrogen) atoms. The van der Waals surface area contributed by atoms with Gasteiger partial charge in [0.05, 0.1) is 12.3 Å². The maximum absolute atomic E-state index is 5.63. The molecule has 0 spiro atoms. The Morgan fingerprint density at radius 1 is 1.41 bits per heavy atom. The lowest BCUT2D eigenvalue weighted by molar-refractivity contribution is 0.265. The lowest BCUT2D eigenvalue weighted by Gasteiger charge is -2.22. The lowest BCUT2D eigenvalue weighted by atomic mass is 9.95. The van der Waals surface area contributed by atoms with Gasteiger partial charge < -0.3 is 10.1 Å². The van der Waals surface area contributed by atoms with Crippen LogP contribution in [0.1, 0.15) is 31.4 Å². The molecule has 0 aromatic carbocycles. The fourth-order valence-corrected chi connectivity index (χ4v) is 2.25. The minimum absolute atomic E-state index is 0.675.